The van der Waals surface area contributed by atoms with Gasteiger partial charge in [0.25, 0.3) is 5.56 Å². The van der Waals surface area contributed by atoms with Gasteiger partial charge in [-0.15, -0.1) is 0 Å². The van der Waals surface area contributed by atoms with Gasteiger partial charge in [-0.1, -0.05) is 0 Å². The third kappa shape index (κ3) is 3.56. The summed E-state index contributed by atoms with van der Waals surface area (Å²) < 4.78 is 36.6. The molecule has 0 radical (unpaired) electrons. The van der Waals surface area contributed by atoms with Gasteiger partial charge in [-0.3, -0.25) is 9.78 Å². The van der Waals surface area contributed by atoms with Crippen molar-refractivity contribution in [2.24, 2.45) is 0 Å². The van der Waals surface area contributed by atoms with Gasteiger partial charge in [-0.05, 0) is 13.3 Å². The molecule has 0 atom stereocenters. The largest absolute Gasteiger partial charge is 0.389 e. The van der Waals surface area contributed by atoms with Gasteiger partial charge in [0.2, 0.25) is 0 Å². The van der Waals surface area contributed by atoms with E-state index in [0.29, 0.717) is 5.56 Å². The minimum absolute atomic E-state index is 0.0596. The number of aromatic amines is 1. The molecular formula is C9H11F3N2O2. The maximum atomic E-state index is 11.9. The number of aryl methyl sites for hydroxylation is 2. The Labute approximate surface area is 88.7 Å². The Balaban J connectivity index is 2.72. The van der Waals surface area contributed by atoms with E-state index in [-0.39, 0.29) is 13.0 Å². The van der Waals surface area contributed by atoms with E-state index >= 15 is 0 Å². The van der Waals surface area contributed by atoms with Crippen molar-refractivity contribution in [1.29, 1.82) is 0 Å². The van der Waals surface area contributed by atoms with E-state index in [1.807, 2.05) is 4.98 Å². The van der Waals surface area contributed by atoms with Gasteiger partial charge >= 0.3 is 11.9 Å². The Morgan fingerprint density at radius 2 is 2.00 bits per heavy atom. The predicted molar refractivity (Wildman–Crippen MR) is 51.3 cm³/mol. The highest BCUT2D eigenvalue weighted by Gasteiger charge is 2.26. The molecule has 0 aliphatic heterocycles. The molecule has 1 aromatic heterocycles. The molecule has 0 aromatic carbocycles. The first-order valence-corrected chi connectivity index (χ1v) is 4.67. The summed E-state index contributed by atoms with van der Waals surface area (Å²) >= 11 is 0. The predicted octanol–water partition coefficient (Wildman–Crippen LogP) is 1.19. The summed E-state index contributed by atoms with van der Waals surface area (Å²) in [6.45, 7) is 1.43. The number of nitrogens with zero attached hydrogens (tertiary/aromatic N) is 1. The summed E-state index contributed by atoms with van der Waals surface area (Å²) in [7, 11) is 0. The third-order valence-electron chi connectivity index (χ3n) is 2.05. The Morgan fingerprint density at radius 1 is 1.38 bits per heavy atom. The van der Waals surface area contributed by atoms with E-state index in [9.17, 15) is 22.8 Å². The van der Waals surface area contributed by atoms with Gasteiger partial charge < -0.3 is 4.57 Å². The van der Waals surface area contributed by atoms with Gasteiger partial charge in [-0.25, -0.2) is 4.79 Å². The standard InChI is InChI=1S/C9H11F3N2O2/c1-6-5-14(8(16)13-7(6)15)4-2-3-9(10,11)12/h5H,2-4H2,1H3,(H,13,15,16). The molecule has 0 amide bonds. The minimum Gasteiger partial charge on any atom is -0.300 e. The molecular weight excluding hydrogens is 225 g/mol. The molecule has 0 unspecified atom stereocenters. The third-order valence-corrected chi connectivity index (χ3v) is 2.05. The molecule has 4 nitrogen and oxygen atoms in total. The number of alkyl halides is 3. The zero-order valence-electron chi connectivity index (χ0n) is 8.60. The molecule has 0 spiro atoms. The molecule has 0 saturated carbocycles. The number of rotatable bonds is 3. The summed E-state index contributed by atoms with van der Waals surface area (Å²) in [6, 6.07) is 0. The summed E-state index contributed by atoms with van der Waals surface area (Å²) in [5.74, 6) is 0. The van der Waals surface area contributed by atoms with Gasteiger partial charge in [0.15, 0.2) is 0 Å². The Kier molecular flexibility index (Phi) is 3.56. The Morgan fingerprint density at radius 3 is 2.56 bits per heavy atom. The number of H-pyrrole nitrogens is 1. The van der Waals surface area contributed by atoms with Crippen molar-refractivity contribution in [1.82, 2.24) is 9.55 Å². The van der Waals surface area contributed by atoms with Crippen LogP contribution in [0.3, 0.4) is 0 Å². The van der Waals surface area contributed by atoms with E-state index in [0.717, 1.165) is 4.57 Å². The van der Waals surface area contributed by atoms with Crippen LogP contribution >= 0.6 is 0 Å². The van der Waals surface area contributed by atoms with Crippen LogP contribution in [0, 0.1) is 6.92 Å². The fourth-order valence-electron chi connectivity index (χ4n) is 1.23. The molecule has 1 rings (SSSR count). The highest BCUT2D eigenvalue weighted by atomic mass is 19.4. The van der Waals surface area contributed by atoms with Crippen molar-refractivity contribution >= 4 is 0 Å². The van der Waals surface area contributed by atoms with Crippen LogP contribution in [0.1, 0.15) is 18.4 Å². The summed E-state index contributed by atoms with van der Waals surface area (Å²) in [4.78, 5) is 24.2. The average Bonchev–Trinajstić information content (AvgIpc) is 2.11. The first kappa shape index (κ1) is 12.5. The molecule has 1 aromatic rings. The lowest BCUT2D eigenvalue weighted by molar-refractivity contribution is -0.135. The first-order valence-electron chi connectivity index (χ1n) is 4.67. The normalized spacial score (nSPS) is 11.8. The van der Waals surface area contributed by atoms with Crippen LogP contribution in [0.4, 0.5) is 13.2 Å². The zero-order valence-corrected chi connectivity index (χ0v) is 8.60. The number of aromatic nitrogens is 2. The number of nitrogens with one attached hydrogen (secondary N) is 1. The smallest absolute Gasteiger partial charge is 0.300 e. The van der Waals surface area contributed by atoms with Crippen LogP contribution in [-0.2, 0) is 6.54 Å². The molecule has 0 saturated heterocycles. The number of hydrogen-bond donors (Lipinski definition) is 1. The molecule has 1 heterocycles. The van der Waals surface area contributed by atoms with Crippen LogP contribution in [0.25, 0.3) is 0 Å². The minimum atomic E-state index is -4.22. The van der Waals surface area contributed by atoms with E-state index in [1.54, 1.807) is 0 Å². The Bertz CT molecular complexity index is 473. The van der Waals surface area contributed by atoms with E-state index < -0.39 is 23.8 Å². The molecule has 1 N–H and O–H groups in total. The van der Waals surface area contributed by atoms with Gasteiger partial charge in [0.05, 0.1) is 0 Å². The second-order valence-electron chi connectivity index (χ2n) is 3.48. The maximum Gasteiger partial charge on any atom is 0.389 e. The fraction of sp³-hybridized carbons (Fsp3) is 0.556. The topological polar surface area (TPSA) is 54.9 Å². The van der Waals surface area contributed by atoms with Crippen LogP contribution in [0.2, 0.25) is 0 Å². The zero-order chi connectivity index (χ0) is 12.3. The van der Waals surface area contributed by atoms with Crippen molar-refractivity contribution in [3.05, 3.63) is 32.6 Å². The van der Waals surface area contributed by atoms with E-state index in [1.165, 1.54) is 13.1 Å². The SMILES string of the molecule is Cc1cn(CCCC(F)(F)F)c(=O)[nH]c1=O. The quantitative estimate of drug-likeness (QED) is 0.856. The summed E-state index contributed by atoms with van der Waals surface area (Å²) in [6.07, 6.45) is -4.09. The molecule has 0 fully saturated rings. The van der Waals surface area contributed by atoms with E-state index in [2.05, 4.69) is 0 Å². The van der Waals surface area contributed by atoms with Crippen molar-refractivity contribution < 1.29 is 13.2 Å². The first-order chi connectivity index (χ1) is 7.29. The molecule has 90 valence electrons. The monoisotopic (exact) mass is 236 g/mol. The lowest BCUT2D eigenvalue weighted by Crippen LogP contribution is -2.31. The van der Waals surface area contributed by atoms with Gasteiger partial charge in [0, 0.05) is 24.7 Å². The van der Waals surface area contributed by atoms with Gasteiger partial charge in [0.1, 0.15) is 0 Å². The number of hydrogen-bond acceptors (Lipinski definition) is 2. The average molecular weight is 236 g/mol. The van der Waals surface area contributed by atoms with Crippen LogP contribution in [-0.4, -0.2) is 15.7 Å². The Hall–Kier alpha value is -1.53. The second-order valence-corrected chi connectivity index (χ2v) is 3.48. The molecule has 7 heteroatoms. The van der Waals surface area contributed by atoms with Crippen molar-refractivity contribution in [2.45, 2.75) is 32.5 Å². The number of halogens is 3. The van der Waals surface area contributed by atoms with Crippen molar-refractivity contribution in [2.75, 3.05) is 0 Å². The van der Waals surface area contributed by atoms with Gasteiger partial charge in [-0.2, -0.15) is 13.2 Å². The lowest BCUT2D eigenvalue weighted by atomic mass is 10.3. The molecule has 0 aliphatic carbocycles. The van der Waals surface area contributed by atoms with Crippen LogP contribution in [0.5, 0.6) is 0 Å². The van der Waals surface area contributed by atoms with Crippen molar-refractivity contribution in [3.63, 3.8) is 0 Å². The fourth-order valence-corrected chi connectivity index (χ4v) is 1.23. The second kappa shape index (κ2) is 4.54. The molecule has 0 aliphatic rings. The summed E-state index contributed by atoms with van der Waals surface area (Å²) in [5, 5.41) is 0. The molecule has 0 bridgehead atoms. The lowest BCUT2D eigenvalue weighted by Gasteiger charge is -2.07. The van der Waals surface area contributed by atoms with Crippen molar-refractivity contribution in [3.8, 4) is 0 Å². The summed E-state index contributed by atoms with van der Waals surface area (Å²) in [5.41, 5.74) is -0.901. The highest BCUT2D eigenvalue weighted by Crippen LogP contribution is 2.21. The van der Waals surface area contributed by atoms with Crippen LogP contribution < -0.4 is 11.2 Å². The maximum absolute atomic E-state index is 11.9. The van der Waals surface area contributed by atoms with E-state index in [4.69, 9.17) is 0 Å². The molecule has 16 heavy (non-hydrogen) atoms. The highest BCUT2D eigenvalue weighted by molar-refractivity contribution is 5.00. The van der Waals surface area contributed by atoms with Crippen LogP contribution in [0.15, 0.2) is 15.8 Å².